The summed E-state index contributed by atoms with van der Waals surface area (Å²) in [4.78, 5) is 15.2. The summed E-state index contributed by atoms with van der Waals surface area (Å²) in [5, 5.41) is 3.03. The average Bonchev–Trinajstić information content (AvgIpc) is 2.66. The number of nitrogens with zero attached hydrogens (tertiary/aromatic N) is 1. The van der Waals surface area contributed by atoms with Gasteiger partial charge in [-0.1, -0.05) is 12.1 Å². The van der Waals surface area contributed by atoms with Gasteiger partial charge < -0.3 is 24.4 Å². The van der Waals surface area contributed by atoms with Gasteiger partial charge in [-0.2, -0.15) is 0 Å². The SMILES string of the molecule is COc1cc(OC)c(C(=O)Nc2cccc3c2CCN(C)C3)cc1OC. The highest BCUT2D eigenvalue weighted by atomic mass is 16.5. The quantitative estimate of drug-likeness (QED) is 0.893. The van der Waals surface area contributed by atoms with Gasteiger partial charge in [-0.25, -0.2) is 0 Å². The van der Waals surface area contributed by atoms with E-state index in [1.807, 2.05) is 12.1 Å². The Morgan fingerprint density at radius 1 is 1.04 bits per heavy atom. The van der Waals surface area contributed by atoms with Crippen molar-refractivity contribution in [3.05, 3.63) is 47.0 Å². The van der Waals surface area contributed by atoms with Crippen LogP contribution in [0.25, 0.3) is 0 Å². The summed E-state index contributed by atoms with van der Waals surface area (Å²) in [6.07, 6.45) is 0.908. The molecule has 0 unspecified atom stereocenters. The van der Waals surface area contributed by atoms with Crippen LogP contribution in [0.2, 0.25) is 0 Å². The van der Waals surface area contributed by atoms with Crippen molar-refractivity contribution >= 4 is 11.6 Å². The first-order valence-electron chi connectivity index (χ1n) is 8.48. The van der Waals surface area contributed by atoms with Gasteiger partial charge in [0.2, 0.25) is 0 Å². The fourth-order valence-corrected chi connectivity index (χ4v) is 3.26. The lowest BCUT2D eigenvalue weighted by Crippen LogP contribution is -2.27. The average molecular weight is 356 g/mol. The normalized spacial score (nSPS) is 13.7. The van der Waals surface area contributed by atoms with Gasteiger partial charge in [0.15, 0.2) is 11.5 Å². The Morgan fingerprint density at radius 2 is 1.73 bits per heavy atom. The van der Waals surface area contributed by atoms with Gasteiger partial charge in [0.1, 0.15) is 5.75 Å². The van der Waals surface area contributed by atoms with E-state index in [-0.39, 0.29) is 5.91 Å². The summed E-state index contributed by atoms with van der Waals surface area (Å²) in [7, 11) is 6.71. The fourth-order valence-electron chi connectivity index (χ4n) is 3.26. The number of anilines is 1. The summed E-state index contributed by atoms with van der Waals surface area (Å²) in [6, 6.07) is 9.31. The topological polar surface area (TPSA) is 60.0 Å². The second-order valence-corrected chi connectivity index (χ2v) is 6.29. The van der Waals surface area contributed by atoms with Crippen molar-refractivity contribution in [3.63, 3.8) is 0 Å². The fraction of sp³-hybridized carbons (Fsp3) is 0.350. The van der Waals surface area contributed by atoms with Gasteiger partial charge in [-0.3, -0.25) is 4.79 Å². The minimum atomic E-state index is -0.241. The third-order valence-corrected chi connectivity index (χ3v) is 4.66. The second kappa shape index (κ2) is 7.66. The lowest BCUT2D eigenvalue weighted by molar-refractivity contribution is 0.102. The van der Waals surface area contributed by atoms with E-state index in [9.17, 15) is 4.79 Å². The first-order valence-corrected chi connectivity index (χ1v) is 8.48. The lowest BCUT2D eigenvalue weighted by atomic mass is 9.98. The van der Waals surface area contributed by atoms with Crippen molar-refractivity contribution in [1.29, 1.82) is 0 Å². The van der Waals surface area contributed by atoms with Gasteiger partial charge >= 0.3 is 0 Å². The molecule has 1 heterocycles. The molecule has 0 atom stereocenters. The molecule has 0 bridgehead atoms. The summed E-state index contributed by atoms with van der Waals surface area (Å²) in [5.41, 5.74) is 3.68. The molecule has 2 aromatic carbocycles. The molecule has 26 heavy (non-hydrogen) atoms. The van der Waals surface area contributed by atoms with Crippen LogP contribution in [0, 0.1) is 0 Å². The molecule has 0 saturated carbocycles. The lowest BCUT2D eigenvalue weighted by Gasteiger charge is -2.26. The molecule has 0 fully saturated rings. The highest BCUT2D eigenvalue weighted by Gasteiger charge is 2.21. The molecule has 0 aromatic heterocycles. The van der Waals surface area contributed by atoms with E-state index in [0.717, 1.165) is 25.2 Å². The maximum Gasteiger partial charge on any atom is 0.259 e. The number of likely N-dealkylation sites (N-methyl/N-ethyl adjacent to an activating group) is 1. The number of rotatable bonds is 5. The highest BCUT2D eigenvalue weighted by molar-refractivity contribution is 6.07. The number of fused-ring (bicyclic) bond motifs is 1. The third-order valence-electron chi connectivity index (χ3n) is 4.66. The molecule has 1 N–H and O–H groups in total. The van der Waals surface area contributed by atoms with Gasteiger partial charge in [0, 0.05) is 30.9 Å². The van der Waals surface area contributed by atoms with Crippen LogP contribution in [0.5, 0.6) is 17.2 Å². The van der Waals surface area contributed by atoms with Crippen LogP contribution in [0.4, 0.5) is 5.69 Å². The minimum absolute atomic E-state index is 0.241. The number of hydrogen-bond acceptors (Lipinski definition) is 5. The van der Waals surface area contributed by atoms with Crippen LogP contribution in [-0.2, 0) is 13.0 Å². The molecular formula is C20H24N2O4. The van der Waals surface area contributed by atoms with Gasteiger partial charge in [0.25, 0.3) is 5.91 Å². The third kappa shape index (κ3) is 3.46. The van der Waals surface area contributed by atoms with Crippen molar-refractivity contribution in [2.75, 3.05) is 40.2 Å². The molecule has 1 amide bonds. The maximum absolute atomic E-state index is 12.9. The zero-order chi connectivity index (χ0) is 18.7. The van der Waals surface area contributed by atoms with E-state index < -0.39 is 0 Å². The predicted octanol–water partition coefficient (Wildman–Crippen LogP) is 2.95. The minimum Gasteiger partial charge on any atom is -0.496 e. The molecule has 1 aliphatic heterocycles. The van der Waals surface area contributed by atoms with Gasteiger partial charge in [-0.05, 0) is 30.7 Å². The van der Waals surface area contributed by atoms with E-state index in [2.05, 4.69) is 23.3 Å². The van der Waals surface area contributed by atoms with Crippen molar-refractivity contribution in [1.82, 2.24) is 4.90 Å². The largest absolute Gasteiger partial charge is 0.496 e. The van der Waals surface area contributed by atoms with Crippen LogP contribution in [-0.4, -0.2) is 45.7 Å². The summed E-state index contributed by atoms with van der Waals surface area (Å²) in [5.74, 6) is 1.19. The van der Waals surface area contributed by atoms with Crippen molar-refractivity contribution in [2.24, 2.45) is 0 Å². The van der Waals surface area contributed by atoms with Gasteiger partial charge in [-0.15, -0.1) is 0 Å². The van der Waals surface area contributed by atoms with Crippen LogP contribution < -0.4 is 19.5 Å². The number of amides is 1. The molecule has 6 heteroatoms. The van der Waals surface area contributed by atoms with Crippen molar-refractivity contribution in [2.45, 2.75) is 13.0 Å². The number of carbonyl (C=O) groups is 1. The number of methoxy groups -OCH3 is 3. The van der Waals surface area contributed by atoms with E-state index >= 15 is 0 Å². The smallest absolute Gasteiger partial charge is 0.259 e. The number of hydrogen-bond donors (Lipinski definition) is 1. The van der Waals surface area contributed by atoms with Crippen LogP contribution in [0.1, 0.15) is 21.5 Å². The van der Waals surface area contributed by atoms with Crippen molar-refractivity contribution < 1.29 is 19.0 Å². The van der Waals surface area contributed by atoms with Crippen LogP contribution >= 0.6 is 0 Å². The molecule has 3 rings (SSSR count). The van der Waals surface area contributed by atoms with E-state index in [4.69, 9.17) is 14.2 Å². The zero-order valence-corrected chi connectivity index (χ0v) is 15.6. The second-order valence-electron chi connectivity index (χ2n) is 6.29. The molecule has 0 radical (unpaired) electrons. The van der Waals surface area contributed by atoms with E-state index in [1.165, 1.54) is 25.3 Å². The molecule has 138 valence electrons. The molecule has 1 aliphatic rings. The Bertz CT molecular complexity index is 820. The highest BCUT2D eigenvalue weighted by Crippen LogP contribution is 2.35. The van der Waals surface area contributed by atoms with Crippen LogP contribution in [0.3, 0.4) is 0 Å². The summed E-state index contributed by atoms with van der Waals surface area (Å²) < 4.78 is 16.0. The number of ether oxygens (including phenoxy) is 3. The predicted molar refractivity (Wildman–Crippen MR) is 101 cm³/mol. The van der Waals surface area contributed by atoms with Gasteiger partial charge in [0.05, 0.1) is 26.9 Å². The molecule has 2 aromatic rings. The molecule has 0 saturated heterocycles. The molecule has 0 spiro atoms. The molecule has 6 nitrogen and oxygen atoms in total. The Morgan fingerprint density at radius 3 is 2.42 bits per heavy atom. The Labute approximate surface area is 153 Å². The van der Waals surface area contributed by atoms with Crippen molar-refractivity contribution in [3.8, 4) is 17.2 Å². The number of carbonyl (C=O) groups excluding carboxylic acids is 1. The molecular weight excluding hydrogens is 332 g/mol. The summed E-state index contributed by atoms with van der Waals surface area (Å²) in [6.45, 7) is 1.86. The first-order chi connectivity index (χ1) is 12.6. The Hall–Kier alpha value is -2.73. The molecule has 0 aliphatic carbocycles. The maximum atomic E-state index is 12.9. The monoisotopic (exact) mass is 356 g/mol. The number of nitrogens with one attached hydrogen (secondary N) is 1. The summed E-state index contributed by atoms with van der Waals surface area (Å²) >= 11 is 0. The Balaban J connectivity index is 1.93. The number of benzene rings is 2. The zero-order valence-electron chi connectivity index (χ0n) is 15.6. The Kier molecular flexibility index (Phi) is 5.32. The van der Waals surface area contributed by atoms with E-state index in [0.29, 0.717) is 22.8 Å². The standard InChI is InChI=1S/C20H24N2O4/c1-22-9-8-14-13(12-22)6-5-7-16(14)21-20(23)15-10-18(25-3)19(26-4)11-17(15)24-2/h5-7,10-11H,8-9,12H2,1-4H3,(H,21,23). The first kappa shape index (κ1) is 18.1. The van der Waals surface area contributed by atoms with E-state index in [1.54, 1.807) is 19.2 Å². The van der Waals surface area contributed by atoms with Crippen LogP contribution in [0.15, 0.2) is 30.3 Å².